The maximum absolute atomic E-state index is 12.4. The number of nitrogens with one attached hydrogen (secondary N) is 2. The van der Waals surface area contributed by atoms with E-state index in [9.17, 15) is 19.2 Å². The first-order valence-corrected chi connectivity index (χ1v) is 19.6. The minimum Gasteiger partial charge on any atom is -0.467 e. The van der Waals surface area contributed by atoms with Crippen molar-refractivity contribution in [2.45, 2.75) is 154 Å². The van der Waals surface area contributed by atoms with E-state index in [0.29, 0.717) is 37.2 Å². The standard InChI is InChI=1S/C33H63N3O6S2/c1-4-5-6-7-8-9-12-15-18-21-30(37)35-28(32(39)41-2)23-26-43-44-27-24-29(33(40)42-3)36-31(38)22-19-16-13-10-11-14-17-20-25-34/h28-29H,4-27,34H2,1-3H3,(H,35,37)(H,36,38). The number of carbonyl (C=O) groups excluding carboxylic acids is 4. The van der Waals surface area contributed by atoms with Gasteiger partial charge in [0.05, 0.1) is 14.2 Å². The molecule has 0 aromatic carbocycles. The van der Waals surface area contributed by atoms with Gasteiger partial charge < -0.3 is 25.8 Å². The summed E-state index contributed by atoms with van der Waals surface area (Å²) in [6.45, 7) is 2.98. The zero-order chi connectivity index (χ0) is 32.7. The molecule has 0 fully saturated rings. The Morgan fingerprint density at radius 2 is 0.909 bits per heavy atom. The Kier molecular flexibility index (Phi) is 30.5. The molecule has 0 aromatic heterocycles. The summed E-state index contributed by atoms with van der Waals surface area (Å²) in [4.78, 5) is 49.3. The molecule has 0 spiro atoms. The summed E-state index contributed by atoms with van der Waals surface area (Å²) < 4.78 is 9.79. The second-order valence-corrected chi connectivity index (χ2v) is 14.2. The Bertz CT molecular complexity index is 684. The van der Waals surface area contributed by atoms with Crippen molar-refractivity contribution in [3.63, 3.8) is 0 Å². The van der Waals surface area contributed by atoms with E-state index in [-0.39, 0.29) is 11.8 Å². The van der Waals surface area contributed by atoms with Crippen molar-refractivity contribution < 1.29 is 28.7 Å². The van der Waals surface area contributed by atoms with Crippen LogP contribution in [0.15, 0.2) is 0 Å². The maximum Gasteiger partial charge on any atom is 0.328 e. The fourth-order valence-electron chi connectivity index (χ4n) is 4.85. The Morgan fingerprint density at radius 1 is 0.568 bits per heavy atom. The lowest BCUT2D eigenvalue weighted by atomic mass is 10.1. The number of hydrogen-bond acceptors (Lipinski definition) is 9. The summed E-state index contributed by atoms with van der Waals surface area (Å²) >= 11 is 0. The van der Waals surface area contributed by atoms with Crippen LogP contribution in [-0.2, 0) is 28.7 Å². The molecular formula is C33H63N3O6S2. The minimum atomic E-state index is -0.675. The molecule has 2 amide bonds. The van der Waals surface area contributed by atoms with E-state index in [4.69, 9.17) is 15.2 Å². The third-order valence-electron chi connectivity index (χ3n) is 7.57. The largest absolute Gasteiger partial charge is 0.467 e. The average molecular weight is 662 g/mol. The molecule has 0 radical (unpaired) electrons. The van der Waals surface area contributed by atoms with Gasteiger partial charge in [-0.25, -0.2) is 9.59 Å². The lowest BCUT2D eigenvalue weighted by Gasteiger charge is -2.17. The van der Waals surface area contributed by atoms with Crippen molar-refractivity contribution >= 4 is 45.3 Å². The molecule has 4 N–H and O–H groups in total. The fourth-order valence-corrected chi connectivity index (χ4v) is 7.04. The van der Waals surface area contributed by atoms with Crippen molar-refractivity contribution in [2.75, 3.05) is 32.3 Å². The molecular weight excluding hydrogens is 599 g/mol. The molecule has 9 nitrogen and oxygen atoms in total. The maximum atomic E-state index is 12.4. The fraction of sp³-hybridized carbons (Fsp3) is 0.879. The number of methoxy groups -OCH3 is 2. The molecule has 2 atom stereocenters. The van der Waals surface area contributed by atoms with Crippen LogP contribution in [0, 0.1) is 0 Å². The van der Waals surface area contributed by atoms with Gasteiger partial charge in [-0.2, -0.15) is 0 Å². The zero-order valence-corrected chi connectivity index (χ0v) is 29.6. The molecule has 0 rings (SSSR count). The van der Waals surface area contributed by atoms with Gasteiger partial charge in [0.15, 0.2) is 0 Å². The molecule has 0 aliphatic rings. The SMILES string of the molecule is CCCCCCCCCCCC(=O)NC(CCSSCCC(NC(=O)CCCCCCCCCCN)C(=O)OC)C(=O)OC. The summed E-state index contributed by atoms with van der Waals surface area (Å²) in [6.07, 6.45) is 21.2. The topological polar surface area (TPSA) is 137 Å². The number of carbonyl (C=O) groups is 4. The van der Waals surface area contributed by atoms with Gasteiger partial charge >= 0.3 is 11.9 Å². The van der Waals surface area contributed by atoms with Gasteiger partial charge in [-0.05, 0) is 38.6 Å². The molecule has 0 aromatic rings. The summed E-state index contributed by atoms with van der Waals surface area (Å²) in [6, 6.07) is -1.34. The van der Waals surface area contributed by atoms with E-state index in [1.54, 1.807) is 21.6 Å². The Morgan fingerprint density at radius 3 is 1.25 bits per heavy atom. The highest BCUT2D eigenvalue weighted by molar-refractivity contribution is 8.76. The van der Waals surface area contributed by atoms with Gasteiger partial charge in [-0.15, -0.1) is 0 Å². The molecule has 0 aliphatic carbocycles. The summed E-state index contributed by atoms with van der Waals surface area (Å²) in [7, 11) is 5.79. The molecule has 0 bridgehead atoms. The predicted molar refractivity (Wildman–Crippen MR) is 184 cm³/mol. The molecule has 11 heteroatoms. The lowest BCUT2D eigenvalue weighted by molar-refractivity contribution is -0.145. The van der Waals surface area contributed by atoms with Gasteiger partial charge in [-0.3, -0.25) is 9.59 Å². The first kappa shape index (κ1) is 42.5. The number of hydrogen-bond donors (Lipinski definition) is 3. The van der Waals surface area contributed by atoms with Gasteiger partial charge in [0, 0.05) is 24.3 Å². The van der Waals surface area contributed by atoms with E-state index in [1.807, 2.05) is 0 Å². The first-order valence-electron chi connectivity index (χ1n) is 17.1. The molecule has 258 valence electrons. The summed E-state index contributed by atoms with van der Waals surface area (Å²) in [5, 5.41) is 5.66. The highest BCUT2D eigenvalue weighted by Gasteiger charge is 2.22. The second-order valence-electron chi connectivity index (χ2n) is 11.5. The van der Waals surface area contributed by atoms with E-state index >= 15 is 0 Å². The van der Waals surface area contributed by atoms with Gasteiger partial charge in [0.2, 0.25) is 11.8 Å². The summed E-state index contributed by atoms with van der Waals surface area (Å²) in [5.74, 6) is 0.137. The number of amides is 2. The number of rotatable bonds is 31. The van der Waals surface area contributed by atoms with Crippen LogP contribution in [-0.4, -0.2) is 68.1 Å². The smallest absolute Gasteiger partial charge is 0.328 e. The van der Waals surface area contributed by atoms with Crippen molar-refractivity contribution in [2.24, 2.45) is 5.73 Å². The van der Waals surface area contributed by atoms with Crippen molar-refractivity contribution in [3.8, 4) is 0 Å². The normalized spacial score (nSPS) is 12.4. The van der Waals surface area contributed by atoms with Gasteiger partial charge in [0.1, 0.15) is 12.1 Å². The number of esters is 2. The van der Waals surface area contributed by atoms with Crippen LogP contribution < -0.4 is 16.4 Å². The second kappa shape index (κ2) is 31.5. The van der Waals surface area contributed by atoms with Crippen molar-refractivity contribution in [1.29, 1.82) is 0 Å². The number of unbranched alkanes of at least 4 members (excludes halogenated alkanes) is 15. The summed E-state index contributed by atoms with van der Waals surface area (Å²) in [5.41, 5.74) is 5.52. The van der Waals surface area contributed by atoms with E-state index in [0.717, 1.165) is 51.5 Å². The number of nitrogens with two attached hydrogens (primary N) is 1. The molecule has 0 saturated heterocycles. The highest BCUT2D eigenvalue weighted by Crippen LogP contribution is 2.24. The quantitative estimate of drug-likeness (QED) is 0.0414. The van der Waals surface area contributed by atoms with E-state index in [1.165, 1.54) is 78.4 Å². The van der Waals surface area contributed by atoms with E-state index in [2.05, 4.69) is 17.6 Å². The van der Waals surface area contributed by atoms with Crippen LogP contribution in [0.4, 0.5) is 0 Å². The Labute approximate surface area is 275 Å². The minimum absolute atomic E-state index is 0.115. The van der Waals surface area contributed by atoms with Crippen molar-refractivity contribution in [1.82, 2.24) is 10.6 Å². The van der Waals surface area contributed by atoms with Crippen LogP contribution in [0.1, 0.15) is 142 Å². The van der Waals surface area contributed by atoms with Crippen LogP contribution in [0.3, 0.4) is 0 Å². The zero-order valence-electron chi connectivity index (χ0n) is 28.0. The van der Waals surface area contributed by atoms with E-state index < -0.39 is 24.0 Å². The van der Waals surface area contributed by atoms with Gasteiger partial charge in [-0.1, -0.05) is 118 Å². The molecule has 2 unspecified atom stereocenters. The highest BCUT2D eigenvalue weighted by atomic mass is 33.1. The monoisotopic (exact) mass is 661 g/mol. The van der Waals surface area contributed by atoms with Gasteiger partial charge in [0.25, 0.3) is 0 Å². The Hall–Kier alpha value is -1.46. The lowest BCUT2D eigenvalue weighted by Crippen LogP contribution is -2.42. The molecule has 0 heterocycles. The molecule has 0 aliphatic heterocycles. The molecule has 44 heavy (non-hydrogen) atoms. The van der Waals surface area contributed by atoms with Crippen molar-refractivity contribution in [3.05, 3.63) is 0 Å². The third-order valence-corrected chi connectivity index (χ3v) is 10.0. The van der Waals surface area contributed by atoms with Crippen LogP contribution >= 0.6 is 21.6 Å². The first-order chi connectivity index (χ1) is 21.4. The number of ether oxygens (including phenoxy) is 2. The molecule has 0 saturated carbocycles. The predicted octanol–water partition coefficient (Wildman–Crippen LogP) is 6.85. The Balaban J connectivity index is 4.18. The average Bonchev–Trinajstić information content (AvgIpc) is 3.02. The van der Waals surface area contributed by atoms with Crippen LogP contribution in [0.5, 0.6) is 0 Å². The van der Waals surface area contributed by atoms with Crippen LogP contribution in [0.2, 0.25) is 0 Å². The third kappa shape index (κ3) is 25.8. The van der Waals surface area contributed by atoms with Crippen LogP contribution in [0.25, 0.3) is 0 Å².